The van der Waals surface area contributed by atoms with E-state index in [0.717, 1.165) is 18.7 Å². The van der Waals surface area contributed by atoms with E-state index < -0.39 is 5.60 Å². The molecule has 1 fully saturated rings. The van der Waals surface area contributed by atoms with Gasteiger partial charge in [-0.25, -0.2) is 0 Å². The molecule has 1 N–H and O–H groups in total. The van der Waals surface area contributed by atoms with Crippen LogP contribution in [0, 0.1) is 0 Å². The van der Waals surface area contributed by atoms with Crippen LogP contribution in [0.3, 0.4) is 0 Å². The van der Waals surface area contributed by atoms with Gasteiger partial charge in [0.05, 0.1) is 17.9 Å². The second-order valence-electron chi connectivity index (χ2n) is 4.96. The van der Waals surface area contributed by atoms with Crippen LogP contribution in [0.5, 0.6) is 0 Å². The summed E-state index contributed by atoms with van der Waals surface area (Å²) in [5, 5.41) is 9.82. The highest BCUT2D eigenvalue weighted by atomic mass is 16.3. The van der Waals surface area contributed by atoms with Crippen LogP contribution in [0.1, 0.15) is 38.5 Å². The van der Waals surface area contributed by atoms with Gasteiger partial charge < -0.3 is 9.52 Å². The van der Waals surface area contributed by atoms with Gasteiger partial charge in [0.15, 0.2) is 0 Å². The summed E-state index contributed by atoms with van der Waals surface area (Å²) in [7, 11) is 0. The number of aliphatic hydroxyl groups is 1. The van der Waals surface area contributed by atoms with Crippen LogP contribution < -0.4 is 0 Å². The van der Waals surface area contributed by atoms with E-state index in [1.165, 1.54) is 6.42 Å². The lowest BCUT2D eigenvalue weighted by atomic mass is 10.1. The van der Waals surface area contributed by atoms with E-state index in [9.17, 15) is 5.11 Å². The second kappa shape index (κ2) is 3.99. The zero-order valence-corrected chi connectivity index (χ0v) is 9.44. The SMILES string of the molecule is CC(C)(O)CN1CCCC1c1ccco1. The summed E-state index contributed by atoms with van der Waals surface area (Å²) in [4.78, 5) is 2.30. The number of rotatable bonds is 3. The van der Waals surface area contributed by atoms with Gasteiger partial charge in [0.2, 0.25) is 0 Å². The standard InChI is InChI=1S/C12H19NO2/c1-12(2,14)9-13-7-3-5-10(13)11-6-4-8-15-11/h4,6,8,10,14H,3,5,7,9H2,1-2H3. The maximum absolute atomic E-state index is 9.82. The largest absolute Gasteiger partial charge is 0.468 e. The molecule has 0 aromatic carbocycles. The van der Waals surface area contributed by atoms with E-state index in [2.05, 4.69) is 4.90 Å². The molecule has 15 heavy (non-hydrogen) atoms. The van der Waals surface area contributed by atoms with Crippen LogP contribution in [0.15, 0.2) is 22.8 Å². The molecule has 0 bridgehead atoms. The summed E-state index contributed by atoms with van der Waals surface area (Å²) in [5.41, 5.74) is -0.630. The van der Waals surface area contributed by atoms with Crippen molar-refractivity contribution < 1.29 is 9.52 Å². The number of hydrogen-bond donors (Lipinski definition) is 1. The molecule has 3 heteroatoms. The molecule has 2 heterocycles. The lowest BCUT2D eigenvalue weighted by Crippen LogP contribution is -2.38. The minimum atomic E-state index is -0.630. The highest BCUT2D eigenvalue weighted by Gasteiger charge is 2.31. The average Bonchev–Trinajstić information content (AvgIpc) is 2.68. The first kappa shape index (κ1) is 10.7. The van der Waals surface area contributed by atoms with Crippen LogP contribution in [-0.4, -0.2) is 28.7 Å². The second-order valence-corrected chi connectivity index (χ2v) is 4.96. The quantitative estimate of drug-likeness (QED) is 0.829. The lowest BCUT2D eigenvalue weighted by molar-refractivity contribution is 0.0290. The van der Waals surface area contributed by atoms with Gasteiger partial charge in [-0.3, -0.25) is 4.90 Å². The molecule has 0 aliphatic carbocycles. The molecule has 1 aromatic rings. The lowest BCUT2D eigenvalue weighted by Gasteiger charge is -2.29. The normalized spacial score (nSPS) is 23.5. The Kier molecular flexibility index (Phi) is 2.85. The van der Waals surface area contributed by atoms with E-state index in [1.54, 1.807) is 6.26 Å². The maximum Gasteiger partial charge on any atom is 0.120 e. The van der Waals surface area contributed by atoms with Crippen LogP contribution in [0.2, 0.25) is 0 Å². The Balaban J connectivity index is 2.06. The summed E-state index contributed by atoms with van der Waals surface area (Å²) in [5.74, 6) is 1.02. The van der Waals surface area contributed by atoms with Gasteiger partial charge in [-0.05, 0) is 45.4 Å². The monoisotopic (exact) mass is 209 g/mol. The van der Waals surface area contributed by atoms with Crippen LogP contribution in [-0.2, 0) is 0 Å². The van der Waals surface area contributed by atoms with Crippen molar-refractivity contribution in [3.8, 4) is 0 Å². The van der Waals surface area contributed by atoms with Gasteiger partial charge in [0, 0.05) is 6.54 Å². The Morgan fingerprint density at radius 2 is 2.40 bits per heavy atom. The van der Waals surface area contributed by atoms with Crippen molar-refractivity contribution in [2.45, 2.75) is 38.3 Å². The Labute approximate surface area is 90.7 Å². The molecule has 0 spiro atoms. The van der Waals surface area contributed by atoms with Gasteiger partial charge in [0.1, 0.15) is 5.76 Å². The third-order valence-electron chi connectivity index (χ3n) is 2.83. The maximum atomic E-state index is 9.82. The van der Waals surface area contributed by atoms with E-state index in [1.807, 2.05) is 26.0 Å². The molecule has 1 aromatic heterocycles. The molecule has 2 rings (SSSR count). The molecule has 1 aliphatic heterocycles. The summed E-state index contributed by atoms with van der Waals surface area (Å²) >= 11 is 0. The molecule has 3 nitrogen and oxygen atoms in total. The zero-order chi connectivity index (χ0) is 10.9. The first-order valence-corrected chi connectivity index (χ1v) is 5.56. The topological polar surface area (TPSA) is 36.6 Å². The molecular weight excluding hydrogens is 190 g/mol. The smallest absolute Gasteiger partial charge is 0.120 e. The van der Waals surface area contributed by atoms with Gasteiger partial charge in [0.25, 0.3) is 0 Å². The number of β-amino-alcohol motifs (C(OH)–C–C–N with tert-alkyl or cyclic N) is 1. The molecule has 1 unspecified atom stereocenters. The molecule has 1 aliphatic rings. The highest BCUT2D eigenvalue weighted by molar-refractivity contribution is 5.07. The van der Waals surface area contributed by atoms with Gasteiger partial charge in [-0.15, -0.1) is 0 Å². The van der Waals surface area contributed by atoms with Crippen molar-refractivity contribution in [2.75, 3.05) is 13.1 Å². The number of likely N-dealkylation sites (tertiary alicyclic amines) is 1. The fraction of sp³-hybridized carbons (Fsp3) is 0.667. The van der Waals surface area contributed by atoms with Crippen molar-refractivity contribution in [1.29, 1.82) is 0 Å². The van der Waals surface area contributed by atoms with Crippen molar-refractivity contribution in [2.24, 2.45) is 0 Å². The number of nitrogens with zero attached hydrogens (tertiary/aromatic N) is 1. The van der Waals surface area contributed by atoms with Crippen LogP contribution in [0.25, 0.3) is 0 Å². The Morgan fingerprint density at radius 1 is 1.60 bits per heavy atom. The Bertz CT molecular complexity index is 300. The van der Waals surface area contributed by atoms with E-state index in [0.29, 0.717) is 12.6 Å². The molecule has 0 amide bonds. The van der Waals surface area contributed by atoms with Gasteiger partial charge in [-0.1, -0.05) is 0 Å². The fourth-order valence-corrected chi connectivity index (χ4v) is 2.32. The van der Waals surface area contributed by atoms with Crippen molar-refractivity contribution >= 4 is 0 Å². The average molecular weight is 209 g/mol. The predicted molar refractivity (Wildman–Crippen MR) is 58.6 cm³/mol. The third-order valence-corrected chi connectivity index (χ3v) is 2.83. The third kappa shape index (κ3) is 2.61. The molecule has 84 valence electrons. The first-order valence-electron chi connectivity index (χ1n) is 5.56. The predicted octanol–water partition coefficient (Wildman–Crippen LogP) is 2.19. The molecule has 1 saturated heterocycles. The van der Waals surface area contributed by atoms with Crippen LogP contribution >= 0.6 is 0 Å². The van der Waals surface area contributed by atoms with E-state index >= 15 is 0 Å². The number of furan rings is 1. The molecule has 0 radical (unpaired) electrons. The van der Waals surface area contributed by atoms with Crippen molar-refractivity contribution in [1.82, 2.24) is 4.90 Å². The minimum Gasteiger partial charge on any atom is -0.468 e. The Morgan fingerprint density at radius 3 is 3.00 bits per heavy atom. The summed E-state index contributed by atoms with van der Waals surface area (Å²) in [6.07, 6.45) is 4.03. The summed E-state index contributed by atoms with van der Waals surface area (Å²) < 4.78 is 5.44. The molecule has 1 atom stereocenters. The van der Waals surface area contributed by atoms with Gasteiger partial charge in [-0.2, -0.15) is 0 Å². The minimum absolute atomic E-state index is 0.353. The number of hydrogen-bond acceptors (Lipinski definition) is 3. The fourth-order valence-electron chi connectivity index (χ4n) is 2.32. The summed E-state index contributed by atoms with van der Waals surface area (Å²) in [6.45, 7) is 5.46. The highest BCUT2D eigenvalue weighted by Crippen LogP contribution is 2.32. The van der Waals surface area contributed by atoms with Crippen molar-refractivity contribution in [3.05, 3.63) is 24.2 Å². The van der Waals surface area contributed by atoms with E-state index in [-0.39, 0.29) is 0 Å². The molecular formula is C12H19NO2. The summed E-state index contributed by atoms with van der Waals surface area (Å²) in [6, 6.07) is 4.30. The zero-order valence-electron chi connectivity index (χ0n) is 9.44. The van der Waals surface area contributed by atoms with Crippen LogP contribution in [0.4, 0.5) is 0 Å². The first-order chi connectivity index (χ1) is 7.06. The molecule has 0 saturated carbocycles. The van der Waals surface area contributed by atoms with E-state index in [4.69, 9.17) is 4.42 Å². The van der Waals surface area contributed by atoms with Gasteiger partial charge >= 0.3 is 0 Å². The Hall–Kier alpha value is -0.800. The van der Waals surface area contributed by atoms with Crippen molar-refractivity contribution in [3.63, 3.8) is 0 Å².